The zero-order chi connectivity index (χ0) is 10.8. The van der Waals surface area contributed by atoms with Crippen molar-refractivity contribution >= 4 is 10.0 Å². The van der Waals surface area contributed by atoms with Gasteiger partial charge in [0.15, 0.2) is 5.25 Å². The second kappa shape index (κ2) is 4.28. The first kappa shape index (κ1) is 11.5. The summed E-state index contributed by atoms with van der Waals surface area (Å²) in [6, 6.07) is 1.77. The fourth-order valence-corrected chi connectivity index (χ4v) is 2.57. The predicted molar refractivity (Wildman–Crippen MR) is 54.0 cm³/mol. The number of nitrogens with zero attached hydrogens (tertiary/aromatic N) is 2. The van der Waals surface area contributed by atoms with Crippen molar-refractivity contribution in [1.29, 1.82) is 5.26 Å². The van der Waals surface area contributed by atoms with Crippen LogP contribution in [0, 0.1) is 17.2 Å². The monoisotopic (exact) mass is 216 g/mol. The quantitative estimate of drug-likeness (QED) is 0.703. The molecule has 0 amide bonds. The first-order valence-corrected chi connectivity index (χ1v) is 6.33. The Morgan fingerprint density at radius 3 is 2.50 bits per heavy atom. The normalized spacial score (nSPS) is 20.1. The summed E-state index contributed by atoms with van der Waals surface area (Å²) in [5.41, 5.74) is 0. The van der Waals surface area contributed by atoms with Crippen LogP contribution in [0.3, 0.4) is 0 Å². The van der Waals surface area contributed by atoms with Crippen molar-refractivity contribution in [2.24, 2.45) is 5.92 Å². The SMILES string of the molecule is CC(C#N)S(=O)(=O)N(C)CC1CCC1. The molecule has 0 aliphatic heterocycles. The molecule has 0 N–H and O–H groups in total. The van der Waals surface area contributed by atoms with Crippen molar-refractivity contribution < 1.29 is 8.42 Å². The molecule has 0 radical (unpaired) electrons. The van der Waals surface area contributed by atoms with Crippen molar-refractivity contribution in [3.05, 3.63) is 0 Å². The van der Waals surface area contributed by atoms with Gasteiger partial charge in [-0.15, -0.1) is 0 Å². The van der Waals surface area contributed by atoms with Gasteiger partial charge in [-0.2, -0.15) is 5.26 Å². The van der Waals surface area contributed by atoms with Crippen LogP contribution in [0.1, 0.15) is 26.2 Å². The molecule has 1 saturated carbocycles. The fourth-order valence-electron chi connectivity index (χ4n) is 1.48. The Morgan fingerprint density at radius 2 is 2.14 bits per heavy atom. The summed E-state index contributed by atoms with van der Waals surface area (Å²) in [6.45, 7) is 1.99. The van der Waals surface area contributed by atoms with E-state index in [1.54, 1.807) is 13.1 Å². The van der Waals surface area contributed by atoms with E-state index in [9.17, 15) is 8.42 Å². The van der Waals surface area contributed by atoms with E-state index in [4.69, 9.17) is 5.26 Å². The van der Waals surface area contributed by atoms with Gasteiger partial charge in [0.2, 0.25) is 10.0 Å². The maximum absolute atomic E-state index is 11.6. The number of hydrogen-bond donors (Lipinski definition) is 0. The van der Waals surface area contributed by atoms with Gasteiger partial charge >= 0.3 is 0 Å². The smallest absolute Gasteiger partial charge is 0.211 e. The minimum atomic E-state index is -3.39. The van der Waals surface area contributed by atoms with E-state index in [1.165, 1.54) is 17.6 Å². The highest BCUT2D eigenvalue weighted by Gasteiger charge is 2.29. The molecular weight excluding hydrogens is 200 g/mol. The maximum Gasteiger partial charge on any atom is 0.229 e. The van der Waals surface area contributed by atoms with E-state index in [0.29, 0.717) is 12.5 Å². The van der Waals surface area contributed by atoms with Gasteiger partial charge in [0.05, 0.1) is 6.07 Å². The highest BCUT2D eigenvalue weighted by Crippen LogP contribution is 2.27. The molecule has 0 saturated heterocycles. The number of hydrogen-bond acceptors (Lipinski definition) is 3. The molecule has 0 aromatic rings. The van der Waals surface area contributed by atoms with Gasteiger partial charge < -0.3 is 0 Å². The third-order valence-corrected chi connectivity index (χ3v) is 4.82. The Morgan fingerprint density at radius 1 is 1.57 bits per heavy atom. The van der Waals surface area contributed by atoms with Crippen molar-refractivity contribution in [1.82, 2.24) is 4.31 Å². The minimum absolute atomic E-state index is 0.501. The van der Waals surface area contributed by atoms with Gasteiger partial charge in [0.25, 0.3) is 0 Å². The van der Waals surface area contributed by atoms with Gasteiger partial charge in [-0.25, -0.2) is 12.7 Å². The molecule has 0 bridgehead atoms. The Bertz CT molecular complexity index is 327. The third kappa shape index (κ3) is 2.25. The molecule has 0 aromatic heterocycles. The summed E-state index contributed by atoms with van der Waals surface area (Å²) < 4.78 is 24.6. The molecule has 1 atom stereocenters. The van der Waals surface area contributed by atoms with Crippen molar-refractivity contribution in [2.75, 3.05) is 13.6 Å². The largest absolute Gasteiger partial charge is 0.229 e. The lowest BCUT2D eigenvalue weighted by Gasteiger charge is -2.30. The Hall–Kier alpha value is -0.600. The van der Waals surface area contributed by atoms with Crippen LogP contribution >= 0.6 is 0 Å². The molecule has 1 rings (SSSR count). The highest BCUT2D eigenvalue weighted by molar-refractivity contribution is 7.89. The summed E-state index contributed by atoms with van der Waals surface area (Å²) in [6.07, 6.45) is 3.42. The zero-order valence-electron chi connectivity index (χ0n) is 8.60. The first-order valence-electron chi connectivity index (χ1n) is 4.83. The Kier molecular flexibility index (Phi) is 3.51. The summed E-state index contributed by atoms with van der Waals surface area (Å²) in [7, 11) is -1.83. The van der Waals surface area contributed by atoms with E-state index < -0.39 is 15.3 Å². The second-order valence-corrected chi connectivity index (χ2v) is 6.25. The number of nitriles is 1. The first-order chi connectivity index (χ1) is 6.48. The van der Waals surface area contributed by atoms with Gasteiger partial charge in [-0.3, -0.25) is 0 Å². The highest BCUT2D eigenvalue weighted by atomic mass is 32.2. The lowest BCUT2D eigenvalue weighted by atomic mass is 9.86. The summed E-state index contributed by atoms with van der Waals surface area (Å²) in [5, 5.41) is 7.63. The molecule has 0 spiro atoms. The van der Waals surface area contributed by atoms with Crippen LogP contribution in [-0.4, -0.2) is 31.6 Å². The molecule has 0 aromatic carbocycles. The molecule has 14 heavy (non-hydrogen) atoms. The molecular formula is C9H16N2O2S. The standard InChI is InChI=1S/C9H16N2O2S/c1-8(6-10)14(12,13)11(2)7-9-4-3-5-9/h8-9H,3-5,7H2,1-2H3. The molecule has 4 nitrogen and oxygen atoms in total. The fraction of sp³-hybridized carbons (Fsp3) is 0.889. The molecule has 1 aliphatic carbocycles. The summed E-state index contributed by atoms with van der Waals surface area (Å²) >= 11 is 0. The van der Waals surface area contributed by atoms with Crippen molar-refractivity contribution in [3.63, 3.8) is 0 Å². The lowest BCUT2D eigenvalue weighted by molar-refractivity contribution is 0.262. The topological polar surface area (TPSA) is 61.2 Å². The third-order valence-electron chi connectivity index (χ3n) is 2.80. The van der Waals surface area contributed by atoms with Crippen LogP contribution in [0.4, 0.5) is 0 Å². The van der Waals surface area contributed by atoms with Gasteiger partial charge in [0, 0.05) is 13.6 Å². The average molecular weight is 216 g/mol. The predicted octanol–water partition coefficient (Wildman–Crippen LogP) is 0.960. The van der Waals surface area contributed by atoms with Crippen molar-refractivity contribution in [3.8, 4) is 6.07 Å². The van der Waals surface area contributed by atoms with Crippen LogP contribution in [0.2, 0.25) is 0 Å². The lowest BCUT2D eigenvalue weighted by Crippen LogP contribution is -2.38. The molecule has 5 heteroatoms. The van der Waals surface area contributed by atoms with Crippen LogP contribution in [0.5, 0.6) is 0 Å². The van der Waals surface area contributed by atoms with E-state index >= 15 is 0 Å². The van der Waals surface area contributed by atoms with Crippen LogP contribution in [0.15, 0.2) is 0 Å². The summed E-state index contributed by atoms with van der Waals surface area (Å²) in [4.78, 5) is 0. The maximum atomic E-state index is 11.6. The van der Waals surface area contributed by atoms with E-state index in [-0.39, 0.29) is 0 Å². The van der Waals surface area contributed by atoms with E-state index in [1.807, 2.05) is 0 Å². The zero-order valence-corrected chi connectivity index (χ0v) is 9.42. The van der Waals surface area contributed by atoms with E-state index in [2.05, 4.69) is 0 Å². The molecule has 1 fully saturated rings. The van der Waals surface area contributed by atoms with Crippen LogP contribution in [0.25, 0.3) is 0 Å². The number of rotatable bonds is 4. The Labute approximate surface area is 85.6 Å². The molecule has 1 unspecified atom stereocenters. The second-order valence-electron chi connectivity index (χ2n) is 3.89. The van der Waals surface area contributed by atoms with Gasteiger partial charge in [-0.05, 0) is 25.7 Å². The molecule has 0 heterocycles. The summed E-state index contributed by atoms with van der Waals surface area (Å²) in [5.74, 6) is 0.501. The van der Waals surface area contributed by atoms with Gasteiger partial charge in [-0.1, -0.05) is 6.42 Å². The number of sulfonamides is 1. The average Bonchev–Trinajstić information content (AvgIpc) is 2.09. The van der Waals surface area contributed by atoms with Crippen LogP contribution < -0.4 is 0 Å². The van der Waals surface area contributed by atoms with Crippen molar-refractivity contribution in [2.45, 2.75) is 31.4 Å². The van der Waals surface area contributed by atoms with Crippen LogP contribution in [-0.2, 0) is 10.0 Å². The van der Waals surface area contributed by atoms with Gasteiger partial charge in [0.1, 0.15) is 0 Å². The Balaban J connectivity index is 2.58. The molecule has 80 valence electrons. The van der Waals surface area contributed by atoms with E-state index in [0.717, 1.165) is 12.8 Å². The molecule has 1 aliphatic rings. The minimum Gasteiger partial charge on any atom is -0.211 e.